The van der Waals surface area contributed by atoms with Gasteiger partial charge in [0.15, 0.2) is 0 Å². The molecule has 0 aliphatic heterocycles. The number of aromatic nitrogens is 2. The van der Waals surface area contributed by atoms with E-state index in [0.717, 1.165) is 40.9 Å². The highest BCUT2D eigenvalue weighted by Gasteiger charge is 2.33. The van der Waals surface area contributed by atoms with Crippen LogP contribution in [-0.2, 0) is 6.61 Å². The van der Waals surface area contributed by atoms with E-state index in [0.29, 0.717) is 38.0 Å². The molecule has 0 spiro atoms. The normalized spacial score (nSPS) is 13.5. The molecule has 1 aliphatic rings. The second-order valence-electron chi connectivity index (χ2n) is 8.35. The zero-order valence-corrected chi connectivity index (χ0v) is 20.7. The minimum atomic E-state index is 0.271. The third-order valence-electron chi connectivity index (χ3n) is 5.67. The SMILES string of the molecule is Cc1cncc(/C=C/c2ccc(OCc3c(-c4c(Cl)cccc4Cl)noc3C3CC3)cc2Cl)c1. The fourth-order valence-electron chi connectivity index (χ4n) is 3.79. The van der Waals surface area contributed by atoms with Gasteiger partial charge < -0.3 is 9.26 Å². The first-order chi connectivity index (χ1) is 16.5. The second-order valence-corrected chi connectivity index (χ2v) is 9.57. The summed E-state index contributed by atoms with van der Waals surface area (Å²) in [7, 11) is 0. The lowest BCUT2D eigenvalue weighted by molar-refractivity contribution is 0.300. The van der Waals surface area contributed by atoms with Crippen LogP contribution in [0.25, 0.3) is 23.4 Å². The molecule has 0 radical (unpaired) electrons. The molecular weight excluding hydrogens is 491 g/mol. The summed E-state index contributed by atoms with van der Waals surface area (Å²) in [5.41, 5.74) is 5.15. The summed E-state index contributed by atoms with van der Waals surface area (Å²) in [5.74, 6) is 1.84. The highest BCUT2D eigenvalue weighted by atomic mass is 35.5. The van der Waals surface area contributed by atoms with Crippen molar-refractivity contribution >= 4 is 47.0 Å². The largest absolute Gasteiger partial charge is 0.489 e. The average Bonchev–Trinajstić information content (AvgIpc) is 3.57. The fourth-order valence-corrected chi connectivity index (χ4v) is 4.60. The van der Waals surface area contributed by atoms with Crippen LogP contribution < -0.4 is 4.74 Å². The van der Waals surface area contributed by atoms with E-state index in [1.165, 1.54) is 0 Å². The van der Waals surface area contributed by atoms with Gasteiger partial charge in [0.25, 0.3) is 0 Å². The molecule has 5 rings (SSSR count). The van der Waals surface area contributed by atoms with Crippen LogP contribution in [0, 0.1) is 6.92 Å². The molecule has 1 saturated carbocycles. The Hall–Kier alpha value is -2.79. The predicted octanol–water partition coefficient (Wildman–Crippen LogP) is 8.63. The van der Waals surface area contributed by atoms with Gasteiger partial charge in [0.05, 0.1) is 20.6 Å². The highest BCUT2D eigenvalue weighted by molar-refractivity contribution is 6.39. The molecule has 0 saturated heterocycles. The summed E-state index contributed by atoms with van der Waals surface area (Å²) in [4.78, 5) is 4.21. The Labute approximate surface area is 213 Å². The molecule has 172 valence electrons. The Balaban J connectivity index is 1.37. The molecule has 1 aliphatic carbocycles. The van der Waals surface area contributed by atoms with Crippen LogP contribution in [0.5, 0.6) is 5.75 Å². The van der Waals surface area contributed by atoms with E-state index in [9.17, 15) is 0 Å². The van der Waals surface area contributed by atoms with Crippen LogP contribution in [0.15, 0.2) is 59.4 Å². The predicted molar refractivity (Wildman–Crippen MR) is 138 cm³/mol. The van der Waals surface area contributed by atoms with E-state index < -0.39 is 0 Å². The highest BCUT2D eigenvalue weighted by Crippen LogP contribution is 2.46. The number of pyridine rings is 1. The maximum absolute atomic E-state index is 6.54. The van der Waals surface area contributed by atoms with Gasteiger partial charge >= 0.3 is 0 Å². The Bertz CT molecular complexity index is 1360. The lowest BCUT2D eigenvalue weighted by Gasteiger charge is -2.10. The van der Waals surface area contributed by atoms with Crippen molar-refractivity contribution in [3.8, 4) is 17.0 Å². The summed E-state index contributed by atoms with van der Waals surface area (Å²) >= 11 is 19.4. The molecule has 34 heavy (non-hydrogen) atoms. The van der Waals surface area contributed by atoms with Gasteiger partial charge in [-0.25, -0.2) is 0 Å². The summed E-state index contributed by atoms with van der Waals surface area (Å²) in [5, 5.41) is 5.94. The summed E-state index contributed by atoms with van der Waals surface area (Å²) < 4.78 is 11.8. The van der Waals surface area contributed by atoms with Gasteiger partial charge in [0, 0.05) is 23.9 Å². The lowest BCUT2D eigenvalue weighted by atomic mass is 10.0. The topological polar surface area (TPSA) is 48.2 Å². The molecule has 7 heteroatoms. The van der Waals surface area contributed by atoms with Crippen molar-refractivity contribution in [3.63, 3.8) is 0 Å². The zero-order valence-electron chi connectivity index (χ0n) is 18.4. The maximum atomic E-state index is 6.54. The van der Waals surface area contributed by atoms with Gasteiger partial charge in [-0.2, -0.15) is 0 Å². The summed E-state index contributed by atoms with van der Waals surface area (Å²) in [6.07, 6.45) is 9.73. The molecule has 2 aromatic carbocycles. The molecule has 1 fully saturated rings. The van der Waals surface area contributed by atoms with Gasteiger partial charge in [-0.3, -0.25) is 4.98 Å². The van der Waals surface area contributed by atoms with Crippen molar-refractivity contribution < 1.29 is 9.26 Å². The Morgan fingerprint density at radius 1 is 1.00 bits per heavy atom. The Morgan fingerprint density at radius 3 is 2.50 bits per heavy atom. The zero-order chi connectivity index (χ0) is 23.7. The first-order valence-electron chi connectivity index (χ1n) is 10.9. The van der Waals surface area contributed by atoms with Crippen molar-refractivity contribution in [1.82, 2.24) is 10.1 Å². The number of benzene rings is 2. The van der Waals surface area contributed by atoms with Crippen molar-refractivity contribution in [2.24, 2.45) is 0 Å². The molecule has 0 N–H and O–H groups in total. The monoisotopic (exact) mass is 510 g/mol. The molecule has 2 aromatic heterocycles. The second kappa shape index (κ2) is 9.83. The summed E-state index contributed by atoms with van der Waals surface area (Å²) in [6, 6.07) is 13.1. The van der Waals surface area contributed by atoms with Crippen LogP contribution in [-0.4, -0.2) is 10.1 Å². The molecule has 0 bridgehead atoms. The number of aryl methyl sites for hydroxylation is 1. The molecule has 0 atom stereocenters. The van der Waals surface area contributed by atoms with Crippen LogP contribution in [0.3, 0.4) is 0 Å². The number of hydrogen-bond donors (Lipinski definition) is 0. The van der Waals surface area contributed by atoms with Crippen molar-refractivity contribution in [2.75, 3.05) is 0 Å². The van der Waals surface area contributed by atoms with E-state index in [4.69, 9.17) is 44.1 Å². The summed E-state index contributed by atoms with van der Waals surface area (Å²) in [6.45, 7) is 2.28. The first kappa shape index (κ1) is 23.0. The Kier molecular flexibility index (Phi) is 6.64. The van der Waals surface area contributed by atoms with Crippen LogP contribution in [0.1, 0.15) is 46.8 Å². The lowest BCUT2D eigenvalue weighted by Crippen LogP contribution is -2.00. The quantitative estimate of drug-likeness (QED) is 0.249. The molecule has 4 aromatic rings. The standard InChI is InChI=1S/C27H21Cl3N2O2/c1-16-11-17(14-31-13-16)5-6-18-9-10-20(12-24(18)30)33-15-21-26(32-34-27(21)19-7-8-19)25-22(28)3-2-4-23(25)29/h2-6,9-14,19H,7-8,15H2,1H3/b6-5+. The van der Waals surface area contributed by atoms with E-state index in [-0.39, 0.29) is 6.61 Å². The number of ether oxygens (including phenoxy) is 1. The van der Waals surface area contributed by atoms with Gasteiger partial charge in [-0.1, -0.05) is 58.2 Å². The van der Waals surface area contributed by atoms with E-state index in [1.54, 1.807) is 18.2 Å². The minimum absolute atomic E-state index is 0.271. The van der Waals surface area contributed by atoms with E-state index in [2.05, 4.69) is 16.2 Å². The van der Waals surface area contributed by atoms with Crippen LogP contribution >= 0.6 is 34.8 Å². The third kappa shape index (κ3) is 5.00. The van der Waals surface area contributed by atoms with Gasteiger partial charge in [-0.15, -0.1) is 0 Å². The number of rotatable bonds is 7. The van der Waals surface area contributed by atoms with Gasteiger partial charge in [-0.05, 0) is 72.9 Å². The number of halogens is 3. The third-order valence-corrected chi connectivity index (χ3v) is 6.63. The van der Waals surface area contributed by atoms with Crippen molar-refractivity contribution in [2.45, 2.75) is 32.3 Å². The smallest absolute Gasteiger partial charge is 0.147 e. The molecule has 0 unspecified atom stereocenters. The minimum Gasteiger partial charge on any atom is -0.489 e. The van der Waals surface area contributed by atoms with Crippen molar-refractivity contribution in [3.05, 3.63) is 97.9 Å². The molecule has 0 amide bonds. The van der Waals surface area contributed by atoms with E-state index >= 15 is 0 Å². The fraction of sp³-hybridized carbons (Fsp3) is 0.185. The molecule has 4 nitrogen and oxygen atoms in total. The Morgan fingerprint density at radius 2 is 1.79 bits per heavy atom. The van der Waals surface area contributed by atoms with Crippen molar-refractivity contribution in [1.29, 1.82) is 0 Å². The molecule has 2 heterocycles. The maximum Gasteiger partial charge on any atom is 0.147 e. The molecular formula is C27H21Cl3N2O2. The van der Waals surface area contributed by atoms with Gasteiger partial charge in [0.1, 0.15) is 23.8 Å². The van der Waals surface area contributed by atoms with Crippen LogP contribution in [0.4, 0.5) is 0 Å². The number of hydrogen-bond acceptors (Lipinski definition) is 4. The van der Waals surface area contributed by atoms with E-state index in [1.807, 2.05) is 49.7 Å². The van der Waals surface area contributed by atoms with Crippen LogP contribution in [0.2, 0.25) is 15.1 Å². The number of nitrogens with zero attached hydrogens (tertiary/aromatic N) is 2. The first-order valence-corrected chi connectivity index (χ1v) is 12.1. The average molecular weight is 512 g/mol. The van der Waals surface area contributed by atoms with Gasteiger partial charge in [0.2, 0.25) is 0 Å².